The van der Waals surface area contributed by atoms with Crippen LogP contribution < -0.4 is 10.6 Å². The standard InChI is InChI=1S/C9H15N5O/c1-6(8-11-5-12-14-8)13-9(15)7-2-3-10-4-7/h5-7,10H,2-4H2,1H3,(H,13,15)(H,11,12,14). The molecule has 1 aliphatic heterocycles. The van der Waals surface area contributed by atoms with Crippen molar-refractivity contribution in [3.8, 4) is 0 Å². The Hall–Kier alpha value is -1.43. The second-order valence-corrected chi connectivity index (χ2v) is 3.79. The van der Waals surface area contributed by atoms with Gasteiger partial charge in [-0.1, -0.05) is 0 Å². The van der Waals surface area contributed by atoms with Crippen molar-refractivity contribution in [2.75, 3.05) is 13.1 Å². The minimum Gasteiger partial charge on any atom is -0.346 e. The van der Waals surface area contributed by atoms with E-state index in [1.807, 2.05) is 6.92 Å². The second kappa shape index (κ2) is 4.39. The minimum absolute atomic E-state index is 0.0869. The summed E-state index contributed by atoms with van der Waals surface area (Å²) in [5.41, 5.74) is 0. The highest BCUT2D eigenvalue weighted by Gasteiger charge is 2.24. The number of hydrogen-bond acceptors (Lipinski definition) is 4. The number of amides is 1. The topological polar surface area (TPSA) is 82.7 Å². The van der Waals surface area contributed by atoms with Gasteiger partial charge in [0.1, 0.15) is 12.2 Å². The van der Waals surface area contributed by atoms with Crippen LogP contribution in [0.25, 0.3) is 0 Å². The Morgan fingerprint density at radius 3 is 3.20 bits per heavy atom. The third kappa shape index (κ3) is 2.33. The van der Waals surface area contributed by atoms with E-state index in [1.54, 1.807) is 0 Å². The van der Waals surface area contributed by atoms with Gasteiger partial charge in [0, 0.05) is 6.54 Å². The zero-order chi connectivity index (χ0) is 10.7. The average Bonchev–Trinajstić information content (AvgIpc) is 2.91. The number of hydrogen-bond donors (Lipinski definition) is 3. The third-order valence-electron chi connectivity index (χ3n) is 2.63. The fourth-order valence-corrected chi connectivity index (χ4v) is 1.70. The van der Waals surface area contributed by atoms with Gasteiger partial charge in [-0.3, -0.25) is 9.89 Å². The lowest BCUT2D eigenvalue weighted by Crippen LogP contribution is -2.34. The smallest absolute Gasteiger partial charge is 0.225 e. The van der Waals surface area contributed by atoms with Crippen LogP contribution >= 0.6 is 0 Å². The van der Waals surface area contributed by atoms with Gasteiger partial charge >= 0.3 is 0 Å². The van der Waals surface area contributed by atoms with Gasteiger partial charge in [-0.25, -0.2) is 4.98 Å². The fourth-order valence-electron chi connectivity index (χ4n) is 1.70. The zero-order valence-corrected chi connectivity index (χ0v) is 8.66. The number of carbonyl (C=O) groups excluding carboxylic acids is 1. The van der Waals surface area contributed by atoms with E-state index in [9.17, 15) is 4.79 Å². The van der Waals surface area contributed by atoms with E-state index in [-0.39, 0.29) is 17.9 Å². The number of nitrogens with zero attached hydrogens (tertiary/aromatic N) is 2. The molecule has 3 N–H and O–H groups in total. The van der Waals surface area contributed by atoms with Crippen LogP contribution in [-0.2, 0) is 4.79 Å². The summed E-state index contributed by atoms with van der Waals surface area (Å²) in [6.07, 6.45) is 2.35. The number of nitrogens with one attached hydrogen (secondary N) is 3. The molecule has 0 radical (unpaired) electrons. The third-order valence-corrected chi connectivity index (χ3v) is 2.63. The van der Waals surface area contributed by atoms with Crippen LogP contribution in [0.4, 0.5) is 0 Å². The van der Waals surface area contributed by atoms with Crippen LogP contribution in [0, 0.1) is 5.92 Å². The molecule has 6 nitrogen and oxygen atoms in total. The van der Waals surface area contributed by atoms with Crippen LogP contribution in [-0.4, -0.2) is 34.2 Å². The van der Waals surface area contributed by atoms with Gasteiger partial charge in [-0.15, -0.1) is 0 Å². The van der Waals surface area contributed by atoms with Crippen molar-refractivity contribution in [3.05, 3.63) is 12.2 Å². The first-order chi connectivity index (χ1) is 7.27. The highest BCUT2D eigenvalue weighted by atomic mass is 16.2. The van der Waals surface area contributed by atoms with E-state index in [1.165, 1.54) is 6.33 Å². The Kier molecular flexibility index (Phi) is 2.96. The van der Waals surface area contributed by atoms with Crippen LogP contribution in [0.5, 0.6) is 0 Å². The van der Waals surface area contributed by atoms with Crippen molar-refractivity contribution >= 4 is 5.91 Å². The minimum atomic E-state index is -0.111. The highest BCUT2D eigenvalue weighted by molar-refractivity contribution is 5.79. The molecule has 1 aromatic heterocycles. The lowest BCUT2D eigenvalue weighted by molar-refractivity contribution is -0.125. The van der Waals surface area contributed by atoms with Crippen LogP contribution in [0.1, 0.15) is 25.2 Å². The molecule has 1 fully saturated rings. The van der Waals surface area contributed by atoms with Crippen molar-refractivity contribution in [2.45, 2.75) is 19.4 Å². The van der Waals surface area contributed by atoms with Gasteiger partial charge in [0.15, 0.2) is 0 Å². The first-order valence-electron chi connectivity index (χ1n) is 5.13. The molecule has 2 rings (SSSR count). The average molecular weight is 209 g/mol. The predicted molar refractivity (Wildman–Crippen MR) is 53.9 cm³/mol. The lowest BCUT2D eigenvalue weighted by Gasteiger charge is -2.14. The SMILES string of the molecule is CC(NC(=O)C1CCNC1)c1ncn[nH]1. The monoisotopic (exact) mass is 209 g/mol. The molecular weight excluding hydrogens is 194 g/mol. The summed E-state index contributed by atoms with van der Waals surface area (Å²) >= 11 is 0. The maximum Gasteiger partial charge on any atom is 0.225 e. The Balaban J connectivity index is 1.88. The molecule has 1 saturated heterocycles. The summed E-state index contributed by atoms with van der Waals surface area (Å²) in [7, 11) is 0. The summed E-state index contributed by atoms with van der Waals surface area (Å²) in [4.78, 5) is 15.7. The van der Waals surface area contributed by atoms with E-state index in [4.69, 9.17) is 0 Å². The Morgan fingerprint density at radius 2 is 2.60 bits per heavy atom. The largest absolute Gasteiger partial charge is 0.346 e. The highest BCUT2D eigenvalue weighted by Crippen LogP contribution is 2.11. The Bertz CT molecular complexity index is 317. The van der Waals surface area contributed by atoms with Crippen molar-refractivity contribution in [1.29, 1.82) is 0 Å². The molecule has 2 unspecified atom stereocenters. The Morgan fingerprint density at radius 1 is 1.73 bits per heavy atom. The first kappa shape index (κ1) is 10.1. The Labute approximate surface area is 87.9 Å². The van der Waals surface area contributed by atoms with Crippen LogP contribution in [0.2, 0.25) is 0 Å². The van der Waals surface area contributed by atoms with E-state index in [0.29, 0.717) is 5.82 Å². The van der Waals surface area contributed by atoms with Gasteiger partial charge < -0.3 is 10.6 Å². The molecular formula is C9H15N5O. The summed E-state index contributed by atoms with van der Waals surface area (Å²) in [6.45, 7) is 3.59. The molecule has 82 valence electrons. The van der Waals surface area contributed by atoms with Crippen molar-refractivity contribution in [3.63, 3.8) is 0 Å². The second-order valence-electron chi connectivity index (χ2n) is 3.79. The molecule has 0 spiro atoms. The van der Waals surface area contributed by atoms with E-state index in [0.717, 1.165) is 19.5 Å². The van der Waals surface area contributed by atoms with Gasteiger partial charge in [0.25, 0.3) is 0 Å². The summed E-state index contributed by atoms with van der Waals surface area (Å²) < 4.78 is 0. The van der Waals surface area contributed by atoms with Gasteiger partial charge in [-0.2, -0.15) is 5.10 Å². The zero-order valence-electron chi connectivity index (χ0n) is 8.66. The summed E-state index contributed by atoms with van der Waals surface area (Å²) in [5, 5.41) is 12.6. The number of H-pyrrole nitrogens is 1. The normalized spacial score (nSPS) is 22.6. The molecule has 1 aromatic rings. The van der Waals surface area contributed by atoms with Crippen LogP contribution in [0.15, 0.2) is 6.33 Å². The van der Waals surface area contributed by atoms with Crippen molar-refractivity contribution < 1.29 is 4.79 Å². The van der Waals surface area contributed by atoms with Crippen LogP contribution in [0.3, 0.4) is 0 Å². The van der Waals surface area contributed by atoms with E-state index < -0.39 is 0 Å². The number of rotatable bonds is 3. The lowest BCUT2D eigenvalue weighted by atomic mass is 10.1. The summed E-state index contributed by atoms with van der Waals surface area (Å²) in [5.74, 6) is 0.869. The molecule has 0 bridgehead atoms. The molecule has 2 atom stereocenters. The van der Waals surface area contributed by atoms with Gasteiger partial charge in [0.2, 0.25) is 5.91 Å². The quantitative estimate of drug-likeness (QED) is 0.632. The summed E-state index contributed by atoms with van der Waals surface area (Å²) in [6, 6.07) is -0.111. The van der Waals surface area contributed by atoms with Gasteiger partial charge in [0.05, 0.1) is 12.0 Å². The van der Waals surface area contributed by atoms with E-state index in [2.05, 4.69) is 25.8 Å². The molecule has 15 heavy (non-hydrogen) atoms. The molecule has 0 aromatic carbocycles. The predicted octanol–water partition coefficient (Wildman–Crippen LogP) is -0.409. The van der Waals surface area contributed by atoms with Gasteiger partial charge in [-0.05, 0) is 19.9 Å². The molecule has 1 amide bonds. The maximum atomic E-state index is 11.7. The van der Waals surface area contributed by atoms with Crippen molar-refractivity contribution in [2.24, 2.45) is 5.92 Å². The van der Waals surface area contributed by atoms with Crippen molar-refractivity contribution in [1.82, 2.24) is 25.8 Å². The molecule has 6 heteroatoms. The molecule has 0 saturated carbocycles. The first-order valence-corrected chi connectivity index (χ1v) is 5.13. The molecule has 0 aliphatic carbocycles. The maximum absolute atomic E-state index is 11.7. The van der Waals surface area contributed by atoms with E-state index >= 15 is 0 Å². The molecule has 1 aliphatic rings. The molecule has 2 heterocycles. The number of aromatic nitrogens is 3. The number of aromatic amines is 1. The fraction of sp³-hybridized carbons (Fsp3) is 0.667. The number of carbonyl (C=O) groups is 1.